The first kappa shape index (κ1) is 36.7. The molecule has 6 aromatic carbocycles. The molecule has 0 atom stereocenters. The topological polar surface area (TPSA) is 3.24 Å². The number of benzene rings is 6. The lowest BCUT2D eigenvalue weighted by Gasteiger charge is -2.44. The molecule has 0 aliphatic heterocycles. The second-order valence-electron chi connectivity index (χ2n) is 20.8. The molecule has 0 saturated heterocycles. The maximum Gasteiger partial charge on any atom is 0.0543 e. The molecule has 0 radical (unpaired) electrons. The van der Waals surface area contributed by atoms with Gasteiger partial charge < -0.3 is 4.90 Å². The number of hydrogen-bond donors (Lipinski definition) is 0. The van der Waals surface area contributed by atoms with Crippen LogP contribution >= 0.6 is 0 Å². The van der Waals surface area contributed by atoms with Crippen LogP contribution in [-0.2, 0) is 27.1 Å². The maximum atomic E-state index is 2.60. The Kier molecular flexibility index (Phi) is 7.61. The summed E-state index contributed by atoms with van der Waals surface area (Å²) in [5, 5.41) is 0. The zero-order valence-corrected chi connectivity index (χ0v) is 36.0. The van der Waals surface area contributed by atoms with Gasteiger partial charge in [-0.25, -0.2) is 0 Å². The Morgan fingerprint density at radius 2 is 0.821 bits per heavy atom. The Morgan fingerprint density at radius 1 is 0.393 bits per heavy atom. The molecule has 0 heterocycles. The Hall–Kier alpha value is -4.88. The van der Waals surface area contributed by atoms with E-state index >= 15 is 0 Å². The van der Waals surface area contributed by atoms with Crippen LogP contribution in [0.15, 0.2) is 121 Å². The van der Waals surface area contributed by atoms with Crippen molar-refractivity contribution in [3.05, 3.63) is 160 Å². The fourth-order valence-corrected chi connectivity index (χ4v) is 10.7. The van der Waals surface area contributed by atoms with E-state index in [4.69, 9.17) is 0 Å². The largest absolute Gasteiger partial charge is 0.310 e. The summed E-state index contributed by atoms with van der Waals surface area (Å²) >= 11 is 0. The smallest absolute Gasteiger partial charge is 0.0543 e. The zero-order chi connectivity index (χ0) is 40.0. The van der Waals surface area contributed by atoms with Crippen molar-refractivity contribution < 1.29 is 0 Å². The van der Waals surface area contributed by atoms with Gasteiger partial charge in [0, 0.05) is 27.8 Å². The molecule has 0 bridgehead atoms. The number of hydrogen-bond acceptors (Lipinski definition) is 1. The Labute approximate surface area is 336 Å². The van der Waals surface area contributed by atoms with E-state index in [1.165, 1.54) is 89.4 Å². The lowest BCUT2D eigenvalue weighted by molar-refractivity contribution is 0.125. The van der Waals surface area contributed by atoms with E-state index in [2.05, 4.69) is 216 Å². The minimum atomic E-state index is -0.116. The lowest BCUT2D eigenvalue weighted by atomic mass is 9.59. The fraction of sp³-hybridized carbons (Fsp3) is 0.345. The van der Waals surface area contributed by atoms with Gasteiger partial charge in [-0.05, 0) is 125 Å². The molecule has 3 aliphatic carbocycles. The first-order chi connectivity index (χ1) is 26.2. The second kappa shape index (κ2) is 11.6. The molecule has 0 unspecified atom stereocenters. The molecule has 1 nitrogen and oxygen atoms in total. The highest BCUT2D eigenvalue weighted by atomic mass is 15.1. The van der Waals surface area contributed by atoms with Crippen molar-refractivity contribution in [2.75, 3.05) is 4.90 Å². The summed E-state index contributed by atoms with van der Waals surface area (Å²) in [6, 6.07) is 47.1. The van der Waals surface area contributed by atoms with Crippen LogP contribution in [0.25, 0.3) is 33.4 Å². The third kappa shape index (κ3) is 4.85. The van der Waals surface area contributed by atoms with Crippen LogP contribution in [-0.4, -0.2) is 0 Å². The summed E-state index contributed by atoms with van der Waals surface area (Å²) < 4.78 is 0. The zero-order valence-electron chi connectivity index (χ0n) is 36.0. The summed E-state index contributed by atoms with van der Waals surface area (Å²) in [6.45, 7) is 31.3. The molecular weight excluding hydrogens is 675 g/mol. The standard InChI is InChI=1S/C55H59N/c1-50(2,3)35-24-22-34(23-25-35)42-32-47-48(54(10,11)55(12,13)53(47,8)9)33-49(42)56(36-26-28-40-38-18-14-16-20-43(38)51(4,5)45(40)30-36)37-27-29-41-39-19-15-17-21-44(39)52(6,7)46(41)31-37/h14-33H,1-13H3. The van der Waals surface area contributed by atoms with Crippen LogP contribution in [0.1, 0.15) is 129 Å². The summed E-state index contributed by atoms with van der Waals surface area (Å²) in [4.78, 5) is 2.60. The molecule has 56 heavy (non-hydrogen) atoms. The van der Waals surface area contributed by atoms with Crippen molar-refractivity contribution >= 4 is 17.1 Å². The van der Waals surface area contributed by atoms with Gasteiger partial charge in [0.1, 0.15) is 0 Å². The van der Waals surface area contributed by atoms with Gasteiger partial charge in [0.2, 0.25) is 0 Å². The molecule has 0 spiro atoms. The molecule has 0 saturated carbocycles. The van der Waals surface area contributed by atoms with Crippen LogP contribution < -0.4 is 4.90 Å². The SMILES string of the molecule is CC(C)(C)c1ccc(-c2cc3c(cc2N(c2ccc4c(c2)C(C)(C)c2ccccc2-4)c2ccc4c(c2)C(C)(C)c2ccccc2-4)C(C)(C)C(C)(C)C3(C)C)cc1. The number of fused-ring (bicyclic) bond motifs is 7. The first-order valence-corrected chi connectivity index (χ1v) is 20.8. The van der Waals surface area contributed by atoms with Gasteiger partial charge in [-0.3, -0.25) is 0 Å². The van der Waals surface area contributed by atoms with Crippen LogP contribution in [0.4, 0.5) is 17.1 Å². The van der Waals surface area contributed by atoms with Gasteiger partial charge in [0.05, 0.1) is 5.69 Å². The Bertz CT molecular complexity index is 2470. The van der Waals surface area contributed by atoms with E-state index < -0.39 is 0 Å². The second-order valence-corrected chi connectivity index (χ2v) is 20.8. The van der Waals surface area contributed by atoms with Crippen molar-refractivity contribution in [2.45, 2.75) is 117 Å². The van der Waals surface area contributed by atoms with Crippen molar-refractivity contribution in [1.82, 2.24) is 0 Å². The highest BCUT2D eigenvalue weighted by Gasteiger charge is 2.57. The highest BCUT2D eigenvalue weighted by Crippen LogP contribution is 2.63. The summed E-state index contributed by atoms with van der Waals surface area (Å²) in [6.07, 6.45) is 0. The average Bonchev–Trinajstić information content (AvgIpc) is 3.57. The van der Waals surface area contributed by atoms with Crippen molar-refractivity contribution in [1.29, 1.82) is 0 Å². The number of nitrogens with zero attached hydrogens (tertiary/aromatic N) is 1. The molecule has 3 aliphatic rings. The number of rotatable bonds is 4. The van der Waals surface area contributed by atoms with E-state index in [1.807, 2.05) is 0 Å². The minimum absolute atomic E-state index is 0.0258. The van der Waals surface area contributed by atoms with Gasteiger partial charge in [-0.15, -0.1) is 0 Å². The molecule has 0 amide bonds. The van der Waals surface area contributed by atoms with Crippen molar-refractivity contribution in [3.8, 4) is 33.4 Å². The normalized spacial score (nSPS) is 18.4. The monoisotopic (exact) mass is 733 g/mol. The Morgan fingerprint density at radius 3 is 1.29 bits per heavy atom. The van der Waals surface area contributed by atoms with Crippen LogP contribution in [0, 0.1) is 5.41 Å². The third-order valence-corrected chi connectivity index (χ3v) is 15.6. The Balaban J connectivity index is 1.35. The summed E-state index contributed by atoms with van der Waals surface area (Å²) in [5.41, 5.74) is 21.2. The summed E-state index contributed by atoms with van der Waals surface area (Å²) in [7, 11) is 0. The van der Waals surface area contributed by atoms with E-state index in [9.17, 15) is 0 Å². The van der Waals surface area contributed by atoms with Crippen LogP contribution in [0.5, 0.6) is 0 Å². The minimum Gasteiger partial charge on any atom is -0.310 e. The first-order valence-electron chi connectivity index (χ1n) is 20.8. The molecule has 6 aromatic rings. The van der Waals surface area contributed by atoms with Gasteiger partial charge in [0.25, 0.3) is 0 Å². The molecule has 284 valence electrons. The predicted octanol–water partition coefficient (Wildman–Crippen LogP) is 15.3. The number of anilines is 3. The molecule has 9 rings (SSSR count). The van der Waals surface area contributed by atoms with Gasteiger partial charge in [-0.1, -0.05) is 175 Å². The van der Waals surface area contributed by atoms with Crippen LogP contribution in [0.3, 0.4) is 0 Å². The fourth-order valence-electron chi connectivity index (χ4n) is 10.7. The van der Waals surface area contributed by atoms with Crippen molar-refractivity contribution in [2.24, 2.45) is 5.41 Å². The predicted molar refractivity (Wildman–Crippen MR) is 240 cm³/mol. The highest BCUT2D eigenvalue weighted by molar-refractivity contribution is 5.93. The van der Waals surface area contributed by atoms with E-state index in [1.54, 1.807) is 0 Å². The van der Waals surface area contributed by atoms with Gasteiger partial charge in [-0.2, -0.15) is 0 Å². The molecule has 1 heteroatoms. The maximum absolute atomic E-state index is 2.60. The van der Waals surface area contributed by atoms with Crippen molar-refractivity contribution in [3.63, 3.8) is 0 Å². The lowest BCUT2D eigenvalue weighted by Crippen LogP contribution is -2.42. The van der Waals surface area contributed by atoms with E-state index in [0.29, 0.717) is 0 Å². The quantitative estimate of drug-likeness (QED) is 0.174. The third-order valence-electron chi connectivity index (χ3n) is 15.6. The van der Waals surface area contributed by atoms with Gasteiger partial charge in [0.15, 0.2) is 0 Å². The molecular formula is C55H59N. The van der Waals surface area contributed by atoms with Gasteiger partial charge >= 0.3 is 0 Å². The van der Waals surface area contributed by atoms with E-state index in [-0.39, 0.29) is 32.5 Å². The molecule has 0 aromatic heterocycles. The summed E-state index contributed by atoms with van der Waals surface area (Å²) in [5.74, 6) is 0. The van der Waals surface area contributed by atoms with E-state index in [0.717, 1.165) is 0 Å². The molecule has 0 N–H and O–H groups in total. The molecule has 0 fully saturated rings. The average molecular weight is 734 g/mol. The van der Waals surface area contributed by atoms with Crippen LogP contribution in [0.2, 0.25) is 0 Å².